The van der Waals surface area contributed by atoms with Gasteiger partial charge in [0.25, 0.3) is 0 Å². The van der Waals surface area contributed by atoms with Crippen molar-refractivity contribution in [1.82, 2.24) is 9.78 Å². The Morgan fingerprint density at radius 3 is 2.30 bits per heavy atom. The smallest absolute Gasteiger partial charge is 0.0645 e. The summed E-state index contributed by atoms with van der Waals surface area (Å²) in [6.45, 7) is 0. The van der Waals surface area contributed by atoms with Gasteiger partial charge in [0, 0.05) is 16.6 Å². The monoisotopic (exact) mass is 326 g/mol. The Morgan fingerprint density at radius 1 is 0.950 bits per heavy atom. The van der Waals surface area contributed by atoms with Crippen LogP contribution in [0.25, 0.3) is 5.69 Å². The number of benzene rings is 2. The largest absolute Gasteiger partial charge is 0.241 e. The molecule has 0 aliphatic rings. The van der Waals surface area contributed by atoms with Gasteiger partial charge in [-0.1, -0.05) is 64.5 Å². The van der Waals surface area contributed by atoms with Gasteiger partial charge in [-0.15, -0.1) is 0 Å². The molecule has 100 valence electrons. The van der Waals surface area contributed by atoms with Crippen molar-refractivity contribution >= 4 is 15.9 Å². The summed E-state index contributed by atoms with van der Waals surface area (Å²) in [5.74, 6) is 0. The molecule has 0 saturated carbocycles. The first-order chi connectivity index (χ1) is 9.83. The first-order valence-corrected chi connectivity index (χ1v) is 7.52. The normalized spacial score (nSPS) is 12.2. The molecule has 1 atom stereocenters. The molecule has 0 N–H and O–H groups in total. The van der Waals surface area contributed by atoms with Gasteiger partial charge >= 0.3 is 0 Å². The molecule has 3 aromatic rings. The fourth-order valence-corrected chi connectivity index (χ4v) is 2.77. The number of hydrogen-bond donors (Lipinski definition) is 0. The number of rotatable bonds is 4. The predicted octanol–water partition coefficient (Wildman–Crippen LogP) is 4.55. The van der Waals surface area contributed by atoms with Crippen molar-refractivity contribution < 1.29 is 0 Å². The second kappa shape index (κ2) is 6.06. The van der Waals surface area contributed by atoms with E-state index in [1.807, 2.05) is 35.1 Å². The van der Waals surface area contributed by atoms with Gasteiger partial charge in [-0.05, 0) is 24.1 Å². The molecule has 1 unspecified atom stereocenters. The van der Waals surface area contributed by atoms with E-state index in [-0.39, 0.29) is 4.83 Å². The zero-order chi connectivity index (χ0) is 13.8. The molecule has 1 aromatic heterocycles. The van der Waals surface area contributed by atoms with E-state index in [1.54, 1.807) is 0 Å². The lowest BCUT2D eigenvalue weighted by atomic mass is 10.1. The SMILES string of the molecule is BrC(Cc1ccccc1)c1cnn(-c2ccccc2)c1. The zero-order valence-electron chi connectivity index (χ0n) is 11.0. The highest BCUT2D eigenvalue weighted by molar-refractivity contribution is 9.09. The van der Waals surface area contributed by atoms with E-state index in [1.165, 1.54) is 11.1 Å². The van der Waals surface area contributed by atoms with Crippen molar-refractivity contribution in [2.45, 2.75) is 11.2 Å². The van der Waals surface area contributed by atoms with Gasteiger partial charge in [0.15, 0.2) is 0 Å². The van der Waals surface area contributed by atoms with E-state index in [0.29, 0.717) is 0 Å². The lowest BCUT2D eigenvalue weighted by Crippen LogP contribution is -1.95. The summed E-state index contributed by atoms with van der Waals surface area (Å²) in [6, 6.07) is 20.6. The van der Waals surface area contributed by atoms with E-state index in [9.17, 15) is 0 Å². The van der Waals surface area contributed by atoms with Crippen LogP contribution in [0.2, 0.25) is 0 Å². The Hall–Kier alpha value is -1.87. The average molecular weight is 327 g/mol. The fraction of sp³-hybridized carbons (Fsp3) is 0.118. The van der Waals surface area contributed by atoms with Crippen LogP contribution in [-0.4, -0.2) is 9.78 Å². The molecule has 0 fully saturated rings. The fourth-order valence-electron chi connectivity index (χ4n) is 2.16. The molecule has 0 radical (unpaired) electrons. The van der Waals surface area contributed by atoms with Crippen molar-refractivity contribution in [3.8, 4) is 5.69 Å². The number of hydrogen-bond acceptors (Lipinski definition) is 1. The van der Waals surface area contributed by atoms with Crippen LogP contribution in [0, 0.1) is 0 Å². The molecule has 2 nitrogen and oxygen atoms in total. The van der Waals surface area contributed by atoms with Crippen LogP contribution >= 0.6 is 15.9 Å². The van der Waals surface area contributed by atoms with Crippen molar-refractivity contribution in [3.63, 3.8) is 0 Å². The second-order valence-corrected chi connectivity index (χ2v) is 5.82. The van der Waals surface area contributed by atoms with Gasteiger partial charge in [-0.25, -0.2) is 4.68 Å². The summed E-state index contributed by atoms with van der Waals surface area (Å²) >= 11 is 3.76. The van der Waals surface area contributed by atoms with Crippen LogP contribution in [-0.2, 0) is 6.42 Å². The third-order valence-corrected chi connectivity index (χ3v) is 4.10. The van der Waals surface area contributed by atoms with Gasteiger partial charge in [0.2, 0.25) is 0 Å². The molecule has 2 aromatic carbocycles. The summed E-state index contributed by atoms with van der Waals surface area (Å²) in [5.41, 5.74) is 3.60. The lowest BCUT2D eigenvalue weighted by Gasteiger charge is -2.07. The van der Waals surface area contributed by atoms with E-state index < -0.39 is 0 Å². The first kappa shape index (κ1) is 13.1. The molecular weight excluding hydrogens is 312 g/mol. The molecule has 0 aliphatic carbocycles. The molecular formula is C17H15BrN2. The van der Waals surface area contributed by atoms with Gasteiger partial charge in [0.05, 0.1) is 11.9 Å². The molecule has 1 heterocycles. The van der Waals surface area contributed by atoms with Crippen LogP contribution in [0.1, 0.15) is 16.0 Å². The predicted molar refractivity (Wildman–Crippen MR) is 85.4 cm³/mol. The number of halogens is 1. The van der Waals surface area contributed by atoms with Gasteiger partial charge in [-0.2, -0.15) is 5.10 Å². The summed E-state index contributed by atoms with van der Waals surface area (Å²) in [5, 5.41) is 4.44. The van der Waals surface area contributed by atoms with Crippen LogP contribution in [0.4, 0.5) is 0 Å². The van der Waals surface area contributed by atoms with Crippen LogP contribution in [0.15, 0.2) is 73.1 Å². The first-order valence-electron chi connectivity index (χ1n) is 6.61. The quantitative estimate of drug-likeness (QED) is 0.643. The van der Waals surface area contributed by atoms with Crippen LogP contribution in [0.3, 0.4) is 0 Å². The molecule has 20 heavy (non-hydrogen) atoms. The summed E-state index contributed by atoms with van der Waals surface area (Å²) in [7, 11) is 0. The summed E-state index contributed by atoms with van der Waals surface area (Å²) in [6.07, 6.45) is 4.97. The van der Waals surface area contributed by atoms with Crippen LogP contribution in [0.5, 0.6) is 0 Å². The van der Waals surface area contributed by atoms with Crippen molar-refractivity contribution in [1.29, 1.82) is 0 Å². The van der Waals surface area contributed by atoms with E-state index >= 15 is 0 Å². The molecule has 3 heteroatoms. The maximum atomic E-state index is 4.44. The molecule has 3 rings (SSSR count). The maximum Gasteiger partial charge on any atom is 0.0645 e. The van der Waals surface area contributed by atoms with Crippen molar-refractivity contribution in [2.24, 2.45) is 0 Å². The summed E-state index contributed by atoms with van der Waals surface area (Å²) in [4.78, 5) is 0.280. The number of nitrogens with zero attached hydrogens (tertiary/aromatic N) is 2. The number of para-hydroxylation sites is 1. The van der Waals surface area contributed by atoms with Gasteiger partial charge < -0.3 is 0 Å². The average Bonchev–Trinajstić information content (AvgIpc) is 2.99. The van der Waals surface area contributed by atoms with E-state index in [0.717, 1.165) is 12.1 Å². The minimum Gasteiger partial charge on any atom is -0.241 e. The second-order valence-electron chi connectivity index (χ2n) is 4.71. The Morgan fingerprint density at radius 2 is 1.60 bits per heavy atom. The third kappa shape index (κ3) is 2.99. The van der Waals surface area contributed by atoms with E-state index in [2.05, 4.69) is 63.6 Å². The molecule has 0 aliphatic heterocycles. The van der Waals surface area contributed by atoms with Gasteiger partial charge in [0.1, 0.15) is 0 Å². The molecule has 0 spiro atoms. The topological polar surface area (TPSA) is 17.8 Å². The zero-order valence-corrected chi connectivity index (χ0v) is 12.6. The Labute approximate surface area is 127 Å². The summed E-state index contributed by atoms with van der Waals surface area (Å²) < 4.78 is 1.91. The number of alkyl halides is 1. The van der Waals surface area contributed by atoms with Crippen LogP contribution < -0.4 is 0 Å². The lowest BCUT2D eigenvalue weighted by molar-refractivity contribution is 0.878. The van der Waals surface area contributed by atoms with Gasteiger partial charge in [-0.3, -0.25) is 0 Å². The molecule has 0 amide bonds. The highest BCUT2D eigenvalue weighted by atomic mass is 79.9. The minimum absolute atomic E-state index is 0.280. The standard InChI is InChI=1S/C17H15BrN2/c18-17(11-14-7-3-1-4-8-14)15-12-19-20(13-15)16-9-5-2-6-10-16/h1-10,12-13,17H,11H2. The van der Waals surface area contributed by atoms with Crippen molar-refractivity contribution in [2.75, 3.05) is 0 Å². The highest BCUT2D eigenvalue weighted by Gasteiger charge is 2.11. The number of aromatic nitrogens is 2. The minimum atomic E-state index is 0.280. The van der Waals surface area contributed by atoms with Crippen molar-refractivity contribution in [3.05, 3.63) is 84.2 Å². The molecule has 0 bridgehead atoms. The Bertz CT molecular complexity index is 662. The molecule has 0 saturated heterocycles. The Kier molecular flexibility index (Phi) is 3.97. The maximum absolute atomic E-state index is 4.44. The highest BCUT2D eigenvalue weighted by Crippen LogP contribution is 2.27. The van der Waals surface area contributed by atoms with E-state index in [4.69, 9.17) is 0 Å². The Balaban J connectivity index is 1.77. The third-order valence-electron chi connectivity index (χ3n) is 3.24.